The van der Waals surface area contributed by atoms with Gasteiger partial charge in [-0.05, 0) is 25.0 Å². The molecule has 0 bridgehead atoms. The minimum Gasteiger partial charge on any atom is -0.355 e. The van der Waals surface area contributed by atoms with Crippen LogP contribution in [-0.4, -0.2) is 50.0 Å². The molecule has 1 atom stereocenters. The largest absolute Gasteiger partial charge is 0.355 e. The number of hydrogen-bond acceptors (Lipinski definition) is 4. The zero-order valence-corrected chi connectivity index (χ0v) is 16.2. The summed E-state index contributed by atoms with van der Waals surface area (Å²) in [4.78, 5) is 26.5. The average molecular weight is 394 g/mol. The van der Waals surface area contributed by atoms with Crippen LogP contribution in [-0.2, 0) is 19.6 Å². The first kappa shape index (κ1) is 19.7. The highest BCUT2D eigenvalue weighted by atomic mass is 32.2. The molecule has 1 aromatic carbocycles. The van der Waals surface area contributed by atoms with Crippen LogP contribution in [0.2, 0.25) is 0 Å². The van der Waals surface area contributed by atoms with E-state index in [4.69, 9.17) is 0 Å². The Balaban J connectivity index is 1.44. The molecule has 2 amide bonds. The van der Waals surface area contributed by atoms with Crippen LogP contribution in [0.3, 0.4) is 0 Å². The van der Waals surface area contributed by atoms with Crippen molar-refractivity contribution in [2.75, 3.05) is 23.6 Å². The van der Waals surface area contributed by atoms with E-state index in [1.165, 1.54) is 6.42 Å². The number of nitrogens with one attached hydrogen (secondary N) is 2. The number of carbonyl (C=O) groups excluding carboxylic acids is 2. The van der Waals surface area contributed by atoms with E-state index in [0.717, 1.165) is 25.7 Å². The van der Waals surface area contributed by atoms with Gasteiger partial charge in [0.25, 0.3) is 0 Å². The summed E-state index contributed by atoms with van der Waals surface area (Å²) in [6, 6.07) is 8.89. The van der Waals surface area contributed by atoms with Gasteiger partial charge >= 0.3 is 0 Å². The molecule has 1 aliphatic heterocycles. The van der Waals surface area contributed by atoms with Gasteiger partial charge in [-0.25, -0.2) is 8.42 Å². The quantitative estimate of drug-likeness (QED) is 0.737. The molecular formula is C19H27N3O4S. The predicted molar refractivity (Wildman–Crippen MR) is 104 cm³/mol. The highest BCUT2D eigenvalue weighted by molar-refractivity contribution is 7.92. The third-order valence-electron chi connectivity index (χ3n) is 5.26. The van der Waals surface area contributed by atoms with Crippen molar-refractivity contribution in [1.82, 2.24) is 10.2 Å². The number of sulfonamides is 1. The molecule has 3 rings (SSSR count). The number of rotatable bonds is 7. The van der Waals surface area contributed by atoms with Crippen molar-refractivity contribution in [2.24, 2.45) is 5.92 Å². The lowest BCUT2D eigenvalue weighted by molar-refractivity contribution is -0.130. The highest BCUT2D eigenvalue weighted by Gasteiger charge is 2.38. The average Bonchev–Trinajstić information content (AvgIpc) is 3.04. The number of carbonyl (C=O) groups is 2. The molecule has 1 aliphatic carbocycles. The van der Waals surface area contributed by atoms with Crippen LogP contribution < -0.4 is 10.0 Å². The first-order valence-corrected chi connectivity index (χ1v) is 11.2. The number of amides is 2. The fourth-order valence-corrected chi connectivity index (χ4v) is 4.81. The molecule has 1 aromatic rings. The summed E-state index contributed by atoms with van der Waals surface area (Å²) in [6.07, 6.45) is 5.74. The molecule has 2 aliphatic rings. The minimum absolute atomic E-state index is 0.0229. The van der Waals surface area contributed by atoms with Crippen LogP contribution in [0.5, 0.6) is 0 Å². The van der Waals surface area contributed by atoms with Crippen LogP contribution >= 0.6 is 0 Å². The van der Waals surface area contributed by atoms with E-state index in [1.54, 1.807) is 30.3 Å². The monoisotopic (exact) mass is 393 g/mol. The van der Waals surface area contributed by atoms with Crippen LogP contribution in [0.1, 0.15) is 38.5 Å². The van der Waals surface area contributed by atoms with E-state index >= 15 is 0 Å². The normalized spacial score (nSPS) is 21.3. The van der Waals surface area contributed by atoms with Crippen molar-refractivity contribution in [3.05, 3.63) is 30.3 Å². The molecular weight excluding hydrogens is 366 g/mol. The van der Waals surface area contributed by atoms with Gasteiger partial charge in [-0.1, -0.05) is 37.5 Å². The van der Waals surface area contributed by atoms with Gasteiger partial charge in [-0.3, -0.25) is 14.3 Å². The Kier molecular flexibility index (Phi) is 6.36. The first-order chi connectivity index (χ1) is 12.9. The molecule has 8 heteroatoms. The maximum atomic E-state index is 12.4. The Morgan fingerprint density at radius 2 is 1.81 bits per heavy atom. The lowest BCUT2D eigenvalue weighted by Gasteiger charge is -2.31. The SMILES string of the molecule is O=C(NCCS(=O)(=O)Nc1ccccc1)C1CC(=O)N(C2CCCCC2)C1. The van der Waals surface area contributed by atoms with E-state index in [1.807, 2.05) is 4.90 Å². The number of anilines is 1. The maximum absolute atomic E-state index is 12.4. The van der Waals surface area contributed by atoms with Gasteiger partial charge in [0.05, 0.1) is 11.7 Å². The van der Waals surface area contributed by atoms with Crippen LogP contribution in [0, 0.1) is 5.92 Å². The molecule has 2 N–H and O–H groups in total. The zero-order valence-electron chi connectivity index (χ0n) is 15.4. The topological polar surface area (TPSA) is 95.6 Å². The van der Waals surface area contributed by atoms with E-state index in [-0.39, 0.29) is 42.5 Å². The predicted octanol–water partition coefficient (Wildman–Crippen LogP) is 1.73. The number of nitrogens with zero attached hydrogens (tertiary/aromatic N) is 1. The van der Waals surface area contributed by atoms with Crippen LogP contribution in [0.25, 0.3) is 0 Å². The second-order valence-electron chi connectivity index (χ2n) is 7.32. The number of benzene rings is 1. The molecule has 2 fully saturated rings. The highest BCUT2D eigenvalue weighted by Crippen LogP contribution is 2.28. The summed E-state index contributed by atoms with van der Waals surface area (Å²) in [6.45, 7) is 0.472. The Labute approximate surface area is 160 Å². The standard InChI is InChI=1S/C19H27N3O4S/c23-18-13-15(14-22(18)17-9-5-2-6-10-17)19(24)20-11-12-27(25,26)21-16-7-3-1-4-8-16/h1,3-4,7-8,15,17,21H,2,5-6,9-14H2,(H,20,24). The Bertz CT molecular complexity index is 760. The molecule has 148 valence electrons. The van der Waals surface area contributed by atoms with Crippen molar-refractivity contribution in [3.63, 3.8) is 0 Å². The lowest BCUT2D eigenvalue weighted by atomic mass is 9.94. The second-order valence-corrected chi connectivity index (χ2v) is 9.16. The van der Waals surface area contributed by atoms with Gasteiger partial charge in [-0.2, -0.15) is 0 Å². The summed E-state index contributed by atoms with van der Waals surface area (Å²) in [7, 11) is -3.53. The number of hydrogen-bond donors (Lipinski definition) is 2. The van der Waals surface area contributed by atoms with Crippen molar-refractivity contribution in [3.8, 4) is 0 Å². The number of para-hydroxylation sites is 1. The van der Waals surface area contributed by atoms with E-state index in [9.17, 15) is 18.0 Å². The molecule has 1 saturated carbocycles. The van der Waals surface area contributed by atoms with Gasteiger partial charge in [0, 0.05) is 31.2 Å². The van der Waals surface area contributed by atoms with Crippen molar-refractivity contribution in [1.29, 1.82) is 0 Å². The summed E-state index contributed by atoms with van der Waals surface area (Å²) >= 11 is 0. The first-order valence-electron chi connectivity index (χ1n) is 9.57. The molecule has 1 saturated heterocycles. The third kappa shape index (κ3) is 5.45. The fraction of sp³-hybridized carbons (Fsp3) is 0.579. The summed E-state index contributed by atoms with van der Waals surface area (Å²) < 4.78 is 26.7. The molecule has 0 spiro atoms. The van der Waals surface area contributed by atoms with E-state index in [2.05, 4.69) is 10.0 Å². The Morgan fingerprint density at radius 1 is 1.11 bits per heavy atom. The third-order valence-corrected chi connectivity index (χ3v) is 6.55. The summed E-state index contributed by atoms with van der Waals surface area (Å²) in [5.74, 6) is -0.790. The second kappa shape index (κ2) is 8.73. The van der Waals surface area contributed by atoms with Gasteiger partial charge in [0.2, 0.25) is 21.8 Å². The van der Waals surface area contributed by atoms with Gasteiger partial charge in [0.15, 0.2) is 0 Å². The fourth-order valence-electron chi connectivity index (χ4n) is 3.84. The van der Waals surface area contributed by atoms with Gasteiger partial charge in [-0.15, -0.1) is 0 Å². The summed E-state index contributed by atoms with van der Waals surface area (Å²) in [5.41, 5.74) is 0.494. The van der Waals surface area contributed by atoms with Gasteiger partial charge in [0.1, 0.15) is 0 Å². The van der Waals surface area contributed by atoms with Crippen molar-refractivity contribution < 1.29 is 18.0 Å². The maximum Gasteiger partial charge on any atom is 0.234 e. The van der Waals surface area contributed by atoms with E-state index in [0.29, 0.717) is 12.2 Å². The molecule has 27 heavy (non-hydrogen) atoms. The molecule has 1 heterocycles. The Morgan fingerprint density at radius 3 is 2.52 bits per heavy atom. The summed E-state index contributed by atoms with van der Waals surface area (Å²) in [5, 5.41) is 2.67. The van der Waals surface area contributed by atoms with E-state index < -0.39 is 10.0 Å². The lowest BCUT2D eigenvalue weighted by Crippen LogP contribution is -2.40. The van der Waals surface area contributed by atoms with Crippen molar-refractivity contribution >= 4 is 27.5 Å². The van der Waals surface area contributed by atoms with Gasteiger partial charge < -0.3 is 10.2 Å². The minimum atomic E-state index is -3.53. The molecule has 0 aromatic heterocycles. The molecule has 7 nitrogen and oxygen atoms in total. The Hall–Kier alpha value is -2.09. The number of likely N-dealkylation sites (tertiary alicyclic amines) is 1. The smallest absolute Gasteiger partial charge is 0.234 e. The molecule has 1 unspecified atom stereocenters. The van der Waals surface area contributed by atoms with Crippen LogP contribution in [0.15, 0.2) is 30.3 Å². The van der Waals surface area contributed by atoms with Crippen molar-refractivity contribution in [2.45, 2.75) is 44.6 Å². The zero-order chi connectivity index (χ0) is 19.3. The van der Waals surface area contributed by atoms with Crippen LogP contribution in [0.4, 0.5) is 5.69 Å². The molecule has 0 radical (unpaired) electrons.